The molecule has 0 unspecified atom stereocenters. The molecule has 0 radical (unpaired) electrons. The minimum atomic E-state index is -0.210. The lowest BCUT2D eigenvalue weighted by atomic mass is 10.1. The van der Waals surface area contributed by atoms with Crippen molar-refractivity contribution in [2.45, 2.75) is 20.4 Å². The summed E-state index contributed by atoms with van der Waals surface area (Å²) in [5.41, 5.74) is 3.67. The SMILES string of the molecule is COc1ccccc1-c1nnn(CC(=O)Nc2cccc(C)c2C)n1. The van der Waals surface area contributed by atoms with Gasteiger partial charge in [-0.3, -0.25) is 4.79 Å². The summed E-state index contributed by atoms with van der Waals surface area (Å²) < 4.78 is 5.30. The number of nitrogens with one attached hydrogen (secondary N) is 1. The summed E-state index contributed by atoms with van der Waals surface area (Å²) in [6.45, 7) is 3.96. The number of benzene rings is 2. The number of tetrazole rings is 1. The smallest absolute Gasteiger partial charge is 0.248 e. The Kier molecular flexibility index (Phi) is 4.74. The number of hydrogen-bond acceptors (Lipinski definition) is 5. The van der Waals surface area contributed by atoms with Crippen molar-refractivity contribution in [1.82, 2.24) is 20.2 Å². The van der Waals surface area contributed by atoms with Gasteiger partial charge in [-0.15, -0.1) is 10.2 Å². The first-order valence-electron chi connectivity index (χ1n) is 7.85. The van der Waals surface area contributed by atoms with E-state index in [-0.39, 0.29) is 12.5 Å². The van der Waals surface area contributed by atoms with Crippen molar-refractivity contribution >= 4 is 11.6 Å². The molecule has 128 valence electrons. The predicted octanol–water partition coefficient (Wildman–Crippen LogP) is 2.60. The number of nitrogens with zero attached hydrogens (tertiary/aromatic N) is 4. The first-order valence-corrected chi connectivity index (χ1v) is 7.85. The van der Waals surface area contributed by atoms with Crippen LogP contribution in [0.1, 0.15) is 11.1 Å². The van der Waals surface area contributed by atoms with Crippen LogP contribution in [-0.2, 0) is 11.3 Å². The molecule has 2 aromatic carbocycles. The predicted molar refractivity (Wildman–Crippen MR) is 94.4 cm³/mol. The number of carbonyl (C=O) groups excluding carboxylic acids is 1. The number of rotatable bonds is 5. The summed E-state index contributed by atoms with van der Waals surface area (Å²) in [6.07, 6.45) is 0. The maximum absolute atomic E-state index is 12.2. The van der Waals surface area contributed by atoms with Crippen molar-refractivity contribution in [3.8, 4) is 17.1 Å². The number of ether oxygens (including phenoxy) is 1. The first kappa shape index (κ1) is 16.6. The Morgan fingerprint density at radius 2 is 1.96 bits per heavy atom. The molecule has 0 saturated carbocycles. The van der Waals surface area contributed by atoms with Crippen molar-refractivity contribution in [3.63, 3.8) is 0 Å². The summed E-state index contributed by atoms with van der Waals surface area (Å²) in [5.74, 6) is 0.858. The maximum atomic E-state index is 12.2. The van der Waals surface area contributed by atoms with Gasteiger partial charge >= 0.3 is 0 Å². The quantitative estimate of drug-likeness (QED) is 0.774. The van der Waals surface area contributed by atoms with Crippen LogP contribution in [0.15, 0.2) is 42.5 Å². The topological polar surface area (TPSA) is 81.9 Å². The molecule has 3 rings (SSSR count). The molecule has 0 fully saturated rings. The van der Waals surface area contributed by atoms with Gasteiger partial charge in [0.15, 0.2) is 0 Å². The van der Waals surface area contributed by atoms with E-state index < -0.39 is 0 Å². The Bertz CT molecular complexity index is 904. The second-order valence-electron chi connectivity index (χ2n) is 5.64. The van der Waals surface area contributed by atoms with Crippen LogP contribution in [0.4, 0.5) is 5.69 Å². The molecule has 0 aliphatic carbocycles. The van der Waals surface area contributed by atoms with E-state index in [1.165, 1.54) is 4.80 Å². The zero-order chi connectivity index (χ0) is 17.8. The normalized spacial score (nSPS) is 10.5. The van der Waals surface area contributed by atoms with Gasteiger partial charge in [-0.1, -0.05) is 24.3 Å². The van der Waals surface area contributed by atoms with E-state index in [9.17, 15) is 4.79 Å². The van der Waals surface area contributed by atoms with Gasteiger partial charge in [0, 0.05) is 5.69 Å². The van der Waals surface area contributed by atoms with E-state index in [1.54, 1.807) is 7.11 Å². The van der Waals surface area contributed by atoms with Crippen molar-refractivity contribution in [3.05, 3.63) is 53.6 Å². The molecule has 1 amide bonds. The van der Waals surface area contributed by atoms with Crippen LogP contribution >= 0.6 is 0 Å². The van der Waals surface area contributed by atoms with Gasteiger partial charge in [-0.2, -0.15) is 4.80 Å². The summed E-state index contributed by atoms with van der Waals surface area (Å²) in [6, 6.07) is 13.2. The average Bonchev–Trinajstić information content (AvgIpc) is 3.07. The molecule has 0 bridgehead atoms. The number of methoxy groups -OCH3 is 1. The zero-order valence-electron chi connectivity index (χ0n) is 14.4. The number of aryl methyl sites for hydroxylation is 1. The molecule has 1 heterocycles. The fraction of sp³-hybridized carbons (Fsp3) is 0.222. The van der Waals surface area contributed by atoms with Crippen molar-refractivity contribution in [2.24, 2.45) is 0 Å². The minimum Gasteiger partial charge on any atom is -0.496 e. The standard InChI is InChI=1S/C18H19N5O2/c1-12-7-6-9-15(13(12)2)19-17(24)11-23-21-18(20-22-23)14-8-4-5-10-16(14)25-3/h4-10H,11H2,1-3H3,(H,19,24). The summed E-state index contributed by atoms with van der Waals surface area (Å²) in [4.78, 5) is 13.5. The van der Waals surface area contributed by atoms with E-state index in [4.69, 9.17) is 4.74 Å². The third kappa shape index (κ3) is 3.65. The molecule has 7 nitrogen and oxygen atoms in total. The third-order valence-corrected chi connectivity index (χ3v) is 3.96. The van der Waals surface area contributed by atoms with Gasteiger partial charge in [-0.05, 0) is 48.4 Å². The number of carbonyl (C=O) groups is 1. The summed E-state index contributed by atoms with van der Waals surface area (Å²) in [5, 5.41) is 15.1. The fourth-order valence-electron chi connectivity index (χ4n) is 2.45. The molecule has 25 heavy (non-hydrogen) atoms. The van der Waals surface area contributed by atoms with Crippen LogP contribution in [0.25, 0.3) is 11.4 Å². The largest absolute Gasteiger partial charge is 0.496 e. The van der Waals surface area contributed by atoms with Gasteiger partial charge in [0.05, 0.1) is 12.7 Å². The molecule has 0 atom stereocenters. The zero-order valence-corrected chi connectivity index (χ0v) is 14.4. The molecule has 7 heteroatoms. The number of amides is 1. The lowest BCUT2D eigenvalue weighted by Crippen LogP contribution is -2.21. The van der Waals surface area contributed by atoms with E-state index in [0.29, 0.717) is 11.6 Å². The van der Waals surface area contributed by atoms with Crippen LogP contribution in [0.3, 0.4) is 0 Å². The van der Waals surface area contributed by atoms with E-state index in [1.807, 2.05) is 56.3 Å². The van der Waals surface area contributed by atoms with E-state index in [2.05, 4.69) is 20.7 Å². The fourth-order valence-corrected chi connectivity index (χ4v) is 2.45. The Labute approximate surface area is 145 Å². The highest BCUT2D eigenvalue weighted by molar-refractivity contribution is 5.91. The number of anilines is 1. The van der Waals surface area contributed by atoms with Gasteiger partial charge in [-0.25, -0.2) is 0 Å². The van der Waals surface area contributed by atoms with Crippen LogP contribution in [0.2, 0.25) is 0 Å². The van der Waals surface area contributed by atoms with Gasteiger partial charge in [0.1, 0.15) is 12.3 Å². The Hall–Kier alpha value is -3.22. The number of aromatic nitrogens is 4. The monoisotopic (exact) mass is 337 g/mol. The highest BCUT2D eigenvalue weighted by Gasteiger charge is 2.13. The molecular weight excluding hydrogens is 318 g/mol. The van der Waals surface area contributed by atoms with Crippen LogP contribution < -0.4 is 10.1 Å². The third-order valence-electron chi connectivity index (χ3n) is 3.96. The highest BCUT2D eigenvalue weighted by Crippen LogP contribution is 2.25. The Balaban J connectivity index is 1.73. The Morgan fingerprint density at radius 3 is 2.76 bits per heavy atom. The van der Waals surface area contributed by atoms with Gasteiger partial charge < -0.3 is 10.1 Å². The van der Waals surface area contributed by atoms with Crippen molar-refractivity contribution in [1.29, 1.82) is 0 Å². The molecule has 1 aromatic heterocycles. The lowest BCUT2D eigenvalue weighted by molar-refractivity contribution is -0.117. The van der Waals surface area contributed by atoms with Gasteiger partial charge in [0.2, 0.25) is 11.7 Å². The average molecular weight is 337 g/mol. The summed E-state index contributed by atoms with van der Waals surface area (Å²) >= 11 is 0. The highest BCUT2D eigenvalue weighted by atomic mass is 16.5. The first-order chi connectivity index (χ1) is 12.1. The minimum absolute atomic E-state index is 0.0183. The van der Waals surface area contributed by atoms with Crippen LogP contribution in [-0.4, -0.2) is 33.2 Å². The molecule has 0 aliphatic rings. The second-order valence-corrected chi connectivity index (χ2v) is 5.64. The van der Waals surface area contributed by atoms with E-state index >= 15 is 0 Å². The van der Waals surface area contributed by atoms with Crippen molar-refractivity contribution in [2.75, 3.05) is 12.4 Å². The molecular formula is C18H19N5O2. The van der Waals surface area contributed by atoms with Crippen molar-refractivity contribution < 1.29 is 9.53 Å². The lowest BCUT2D eigenvalue weighted by Gasteiger charge is -2.09. The Morgan fingerprint density at radius 1 is 1.16 bits per heavy atom. The van der Waals surface area contributed by atoms with Crippen LogP contribution in [0.5, 0.6) is 5.75 Å². The molecule has 0 saturated heterocycles. The number of para-hydroxylation sites is 1. The van der Waals surface area contributed by atoms with Crippen LogP contribution in [0, 0.1) is 13.8 Å². The van der Waals surface area contributed by atoms with E-state index in [0.717, 1.165) is 22.4 Å². The number of hydrogen-bond donors (Lipinski definition) is 1. The second kappa shape index (κ2) is 7.12. The van der Waals surface area contributed by atoms with Gasteiger partial charge in [0.25, 0.3) is 0 Å². The molecule has 1 N–H and O–H groups in total. The molecule has 3 aromatic rings. The summed E-state index contributed by atoms with van der Waals surface area (Å²) in [7, 11) is 1.58. The maximum Gasteiger partial charge on any atom is 0.248 e. The molecule has 0 spiro atoms. The molecule has 0 aliphatic heterocycles.